The van der Waals surface area contributed by atoms with Crippen molar-refractivity contribution in [3.63, 3.8) is 0 Å². The third kappa shape index (κ3) is 6.20. The maximum atomic E-state index is 12.2. The molecule has 22 heavy (non-hydrogen) atoms. The quantitative estimate of drug-likeness (QED) is 0.564. The molecule has 1 saturated carbocycles. The maximum Gasteiger partial charge on any atom is 0.309 e. The van der Waals surface area contributed by atoms with Gasteiger partial charge in [-0.2, -0.15) is 8.42 Å². The van der Waals surface area contributed by atoms with E-state index in [1.165, 1.54) is 0 Å². The molecule has 0 amide bonds. The fraction of sp³-hybridized carbons (Fsp3) is 0.929. The Morgan fingerprint density at radius 1 is 1.23 bits per heavy atom. The fourth-order valence-corrected chi connectivity index (χ4v) is 3.67. The minimum absolute atomic E-state index is 0.137. The van der Waals surface area contributed by atoms with E-state index in [2.05, 4.69) is 0 Å². The molecule has 0 spiro atoms. The zero-order chi connectivity index (χ0) is 16.0. The van der Waals surface area contributed by atoms with Gasteiger partial charge >= 0.3 is 5.97 Å². The molecule has 0 bridgehead atoms. The summed E-state index contributed by atoms with van der Waals surface area (Å²) in [6.45, 7) is 2.80. The SMILES string of the molecule is O=C(OC(CN1CCOCC1)CS(=O)(=O)O)C1CCCCC1. The number of hydrogen-bond acceptors (Lipinski definition) is 6. The second-order valence-electron chi connectivity index (χ2n) is 6.06. The first-order valence-corrected chi connectivity index (χ1v) is 9.51. The second kappa shape index (κ2) is 8.24. The average molecular weight is 335 g/mol. The van der Waals surface area contributed by atoms with Crippen molar-refractivity contribution in [3.05, 3.63) is 0 Å². The largest absolute Gasteiger partial charge is 0.460 e. The Bertz CT molecular complexity index is 454. The van der Waals surface area contributed by atoms with Crippen LogP contribution in [0.1, 0.15) is 32.1 Å². The molecular formula is C14H25NO6S. The first kappa shape index (κ1) is 17.7. The van der Waals surface area contributed by atoms with Gasteiger partial charge in [0.1, 0.15) is 11.9 Å². The van der Waals surface area contributed by atoms with Crippen LogP contribution in [0.3, 0.4) is 0 Å². The molecule has 7 nitrogen and oxygen atoms in total. The number of ether oxygens (including phenoxy) is 2. The monoisotopic (exact) mass is 335 g/mol. The Morgan fingerprint density at radius 3 is 2.45 bits per heavy atom. The van der Waals surface area contributed by atoms with Crippen molar-refractivity contribution in [1.82, 2.24) is 4.90 Å². The molecule has 1 heterocycles. The predicted octanol–water partition coefficient (Wildman–Crippen LogP) is 0.699. The van der Waals surface area contributed by atoms with Crippen molar-refractivity contribution in [2.45, 2.75) is 38.2 Å². The summed E-state index contributed by atoms with van der Waals surface area (Å²) in [5.74, 6) is -1.02. The number of rotatable bonds is 6. The highest BCUT2D eigenvalue weighted by Crippen LogP contribution is 2.25. The summed E-state index contributed by atoms with van der Waals surface area (Å²) in [4.78, 5) is 14.2. The lowest BCUT2D eigenvalue weighted by Gasteiger charge is -2.30. The fourth-order valence-electron chi connectivity index (χ4n) is 3.03. The zero-order valence-electron chi connectivity index (χ0n) is 12.8. The molecule has 2 rings (SSSR count). The number of morpholine rings is 1. The average Bonchev–Trinajstić information content (AvgIpc) is 2.47. The molecule has 128 valence electrons. The molecule has 0 aromatic heterocycles. The minimum Gasteiger partial charge on any atom is -0.460 e. The van der Waals surface area contributed by atoms with Crippen LogP contribution in [0.15, 0.2) is 0 Å². The third-order valence-corrected chi connectivity index (χ3v) is 4.98. The van der Waals surface area contributed by atoms with Crippen LogP contribution >= 0.6 is 0 Å². The standard InChI is InChI=1S/C14H25NO6S/c16-14(12-4-2-1-3-5-12)21-13(11-22(17,18)19)10-15-6-8-20-9-7-15/h12-13H,1-11H2,(H,17,18,19). The summed E-state index contributed by atoms with van der Waals surface area (Å²) < 4.78 is 42.1. The minimum atomic E-state index is -4.19. The zero-order valence-corrected chi connectivity index (χ0v) is 13.6. The van der Waals surface area contributed by atoms with E-state index in [1.54, 1.807) is 0 Å². The summed E-state index contributed by atoms with van der Waals surface area (Å²) in [5.41, 5.74) is 0. The van der Waals surface area contributed by atoms with Crippen molar-refractivity contribution in [2.75, 3.05) is 38.6 Å². The van der Waals surface area contributed by atoms with Crippen LogP contribution in [0.2, 0.25) is 0 Å². The van der Waals surface area contributed by atoms with Crippen molar-refractivity contribution >= 4 is 16.1 Å². The summed E-state index contributed by atoms with van der Waals surface area (Å²) in [7, 11) is -4.19. The molecule has 1 N–H and O–H groups in total. The van der Waals surface area contributed by atoms with Gasteiger partial charge in [-0.25, -0.2) is 0 Å². The molecule has 1 unspecified atom stereocenters. The molecule has 0 aromatic rings. The van der Waals surface area contributed by atoms with Gasteiger partial charge in [0.25, 0.3) is 10.1 Å². The molecule has 1 saturated heterocycles. The number of carbonyl (C=O) groups excluding carboxylic acids is 1. The highest BCUT2D eigenvalue weighted by Gasteiger charge is 2.29. The lowest BCUT2D eigenvalue weighted by Crippen LogP contribution is -2.44. The molecule has 0 aromatic carbocycles. The predicted molar refractivity (Wildman–Crippen MR) is 80.1 cm³/mol. The van der Waals surface area contributed by atoms with E-state index in [0.29, 0.717) is 32.8 Å². The molecule has 1 atom stereocenters. The van der Waals surface area contributed by atoms with Crippen LogP contribution in [-0.4, -0.2) is 68.5 Å². The van der Waals surface area contributed by atoms with E-state index in [0.717, 1.165) is 32.1 Å². The molecule has 0 radical (unpaired) electrons. The summed E-state index contributed by atoms with van der Waals surface area (Å²) in [6, 6.07) is 0. The maximum absolute atomic E-state index is 12.2. The highest BCUT2D eigenvalue weighted by molar-refractivity contribution is 7.85. The van der Waals surface area contributed by atoms with Crippen LogP contribution < -0.4 is 0 Å². The van der Waals surface area contributed by atoms with Gasteiger partial charge in [-0.3, -0.25) is 14.2 Å². The topological polar surface area (TPSA) is 93.1 Å². The Morgan fingerprint density at radius 2 is 1.86 bits per heavy atom. The normalized spacial score (nSPS) is 23.1. The van der Waals surface area contributed by atoms with Gasteiger partial charge in [-0.05, 0) is 12.8 Å². The summed E-state index contributed by atoms with van der Waals surface area (Å²) in [5, 5.41) is 0. The Balaban J connectivity index is 1.92. The van der Waals surface area contributed by atoms with Gasteiger partial charge in [0.05, 0.1) is 19.1 Å². The number of hydrogen-bond donors (Lipinski definition) is 1. The molecule has 2 aliphatic rings. The smallest absolute Gasteiger partial charge is 0.309 e. The van der Waals surface area contributed by atoms with Crippen LogP contribution in [0.25, 0.3) is 0 Å². The van der Waals surface area contributed by atoms with E-state index in [9.17, 15) is 13.2 Å². The Labute approximate surface area is 131 Å². The van der Waals surface area contributed by atoms with E-state index in [1.807, 2.05) is 4.90 Å². The van der Waals surface area contributed by atoms with Crippen LogP contribution in [0, 0.1) is 5.92 Å². The number of nitrogens with zero attached hydrogens (tertiary/aromatic N) is 1. The van der Waals surface area contributed by atoms with E-state index < -0.39 is 22.0 Å². The first-order chi connectivity index (χ1) is 10.4. The van der Waals surface area contributed by atoms with Crippen molar-refractivity contribution in [1.29, 1.82) is 0 Å². The summed E-state index contributed by atoms with van der Waals surface area (Å²) in [6.07, 6.45) is 3.91. The first-order valence-electron chi connectivity index (χ1n) is 7.90. The van der Waals surface area contributed by atoms with Crippen LogP contribution in [0.5, 0.6) is 0 Å². The molecule has 1 aliphatic carbocycles. The van der Waals surface area contributed by atoms with Gasteiger partial charge in [0, 0.05) is 19.6 Å². The van der Waals surface area contributed by atoms with Gasteiger partial charge in [-0.15, -0.1) is 0 Å². The van der Waals surface area contributed by atoms with E-state index in [4.69, 9.17) is 14.0 Å². The molecule has 2 fully saturated rings. The Kier molecular flexibility index (Phi) is 6.61. The number of esters is 1. The summed E-state index contributed by atoms with van der Waals surface area (Å²) >= 11 is 0. The van der Waals surface area contributed by atoms with E-state index >= 15 is 0 Å². The second-order valence-corrected chi connectivity index (χ2v) is 7.55. The van der Waals surface area contributed by atoms with Crippen molar-refractivity contribution in [2.24, 2.45) is 5.92 Å². The van der Waals surface area contributed by atoms with Gasteiger partial charge in [0.2, 0.25) is 0 Å². The van der Waals surface area contributed by atoms with Gasteiger partial charge in [0.15, 0.2) is 0 Å². The van der Waals surface area contributed by atoms with Gasteiger partial charge < -0.3 is 9.47 Å². The highest BCUT2D eigenvalue weighted by atomic mass is 32.2. The molecule has 1 aliphatic heterocycles. The number of carbonyl (C=O) groups is 1. The Hall–Kier alpha value is -0.700. The van der Waals surface area contributed by atoms with Gasteiger partial charge in [-0.1, -0.05) is 19.3 Å². The third-order valence-electron chi connectivity index (χ3n) is 4.18. The van der Waals surface area contributed by atoms with Crippen LogP contribution in [0.4, 0.5) is 0 Å². The van der Waals surface area contributed by atoms with E-state index in [-0.39, 0.29) is 11.9 Å². The molecule has 8 heteroatoms. The molecular weight excluding hydrogens is 310 g/mol. The van der Waals surface area contributed by atoms with Crippen molar-refractivity contribution in [3.8, 4) is 0 Å². The van der Waals surface area contributed by atoms with Crippen molar-refractivity contribution < 1.29 is 27.2 Å². The lowest BCUT2D eigenvalue weighted by molar-refractivity contribution is -0.155. The lowest BCUT2D eigenvalue weighted by atomic mass is 9.89. The van der Waals surface area contributed by atoms with Crippen LogP contribution in [-0.2, 0) is 24.4 Å².